The smallest absolute Gasteiger partial charge is 0.416 e. The van der Waals surface area contributed by atoms with Crippen molar-refractivity contribution in [2.45, 2.75) is 18.0 Å². The molecule has 1 aromatic carbocycles. The van der Waals surface area contributed by atoms with Gasteiger partial charge >= 0.3 is 12.1 Å². The minimum absolute atomic E-state index is 0.0659. The van der Waals surface area contributed by atoms with Crippen molar-refractivity contribution >= 4 is 15.8 Å². The number of nitrogens with zero attached hydrogens (tertiary/aromatic N) is 1. The molecule has 0 unspecified atom stereocenters. The van der Waals surface area contributed by atoms with Gasteiger partial charge in [-0.15, -0.1) is 0 Å². The third-order valence-electron chi connectivity index (χ3n) is 3.28. The minimum Gasteiger partial charge on any atom is -0.476 e. The van der Waals surface area contributed by atoms with Crippen molar-refractivity contribution < 1.29 is 31.5 Å². The Balaban J connectivity index is 2.54. The summed E-state index contributed by atoms with van der Waals surface area (Å²) in [5.41, 5.74) is -1.20. The number of halogens is 3. The second kappa shape index (κ2) is 6.23. The molecule has 9 heteroatoms. The second-order valence-electron chi connectivity index (χ2n) is 4.83. The molecular weight excluding hydrogens is 347 g/mol. The van der Waals surface area contributed by atoms with E-state index in [1.54, 1.807) is 0 Å². The van der Waals surface area contributed by atoms with E-state index in [4.69, 9.17) is 0 Å². The molecule has 0 spiro atoms. The largest absolute Gasteiger partial charge is 0.476 e. The number of alkyl halides is 3. The number of carboxylic acids is 1. The number of benzene rings is 1. The zero-order valence-electron chi connectivity index (χ0n) is 12.3. The molecule has 0 fully saturated rings. The Labute approximate surface area is 135 Å². The average Bonchev–Trinajstić information content (AvgIpc) is 2.53. The average molecular weight is 359 g/mol. The Morgan fingerprint density at radius 1 is 1.12 bits per heavy atom. The van der Waals surface area contributed by atoms with Crippen LogP contribution in [0.5, 0.6) is 0 Å². The van der Waals surface area contributed by atoms with E-state index in [9.17, 15) is 31.5 Å². The van der Waals surface area contributed by atoms with E-state index in [2.05, 4.69) is 4.98 Å². The lowest BCUT2D eigenvalue weighted by Crippen LogP contribution is -2.13. The van der Waals surface area contributed by atoms with Crippen LogP contribution < -0.4 is 0 Å². The molecule has 1 N–H and O–H groups in total. The first-order chi connectivity index (χ1) is 11.1. The van der Waals surface area contributed by atoms with Gasteiger partial charge in [-0.05, 0) is 24.3 Å². The Bertz CT molecular complexity index is 875. The zero-order chi connectivity index (χ0) is 18.1. The van der Waals surface area contributed by atoms with Gasteiger partial charge < -0.3 is 5.11 Å². The summed E-state index contributed by atoms with van der Waals surface area (Å²) in [7, 11) is -3.79. The molecule has 2 rings (SSSR count). The lowest BCUT2D eigenvalue weighted by atomic mass is 10.1. The number of sulfone groups is 1. The highest BCUT2D eigenvalue weighted by molar-refractivity contribution is 7.91. The van der Waals surface area contributed by atoms with Gasteiger partial charge in [0.15, 0.2) is 15.5 Å². The van der Waals surface area contributed by atoms with Crippen LogP contribution in [0.2, 0.25) is 0 Å². The number of carbonyl (C=O) groups is 1. The molecule has 0 saturated heterocycles. The molecule has 0 aliphatic carbocycles. The van der Waals surface area contributed by atoms with Crippen LogP contribution in [-0.4, -0.2) is 30.2 Å². The summed E-state index contributed by atoms with van der Waals surface area (Å²) in [5.74, 6) is -1.83. The number of carboxylic acid groups (broad SMARTS) is 1. The molecule has 2 aromatic rings. The molecule has 5 nitrogen and oxygen atoms in total. The highest BCUT2D eigenvalue weighted by Crippen LogP contribution is 2.31. The van der Waals surface area contributed by atoms with Gasteiger partial charge in [0.05, 0.1) is 17.0 Å². The molecule has 0 radical (unpaired) electrons. The van der Waals surface area contributed by atoms with E-state index in [0.717, 1.165) is 30.3 Å². The molecular formula is C15H12F3NO4S. The van der Waals surface area contributed by atoms with Crippen LogP contribution in [-0.2, 0) is 16.0 Å². The van der Waals surface area contributed by atoms with Crippen molar-refractivity contribution in [1.29, 1.82) is 0 Å². The summed E-state index contributed by atoms with van der Waals surface area (Å²) >= 11 is 0. The lowest BCUT2D eigenvalue weighted by Gasteiger charge is -2.10. The molecule has 0 amide bonds. The van der Waals surface area contributed by atoms with E-state index in [1.807, 2.05) is 0 Å². The van der Waals surface area contributed by atoms with E-state index < -0.39 is 38.1 Å². The van der Waals surface area contributed by atoms with Crippen LogP contribution in [0, 0.1) is 0 Å². The minimum atomic E-state index is -4.49. The van der Waals surface area contributed by atoms with Crippen LogP contribution in [0.25, 0.3) is 11.3 Å². The number of hydrogen-bond donors (Lipinski definition) is 1. The first kappa shape index (κ1) is 17.9. The summed E-state index contributed by atoms with van der Waals surface area (Å²) in [4.78, 5) is 14.6. The first-order valence-electron chi connectivity index (χ1n) is 6.71. The molecule has 24 heavy (non-hydrogen) atoms. The van der Waals surface area contributed by atoms with Gasteiger partial charge in [0.1, 0.15) is 4.90 Å². The summed E-state index contributed by atoms with van der Waals surface area (Å²) in [6.45, 7) is 1.37. The third-order valence-corrected chi connectivity index (χ3v) is 5.04. The van der Waals surface area contributed by atoms with Crippen molar-refractivity contribution in [3.05, 3.63) is 47.7 Å². The van der Waals surface area contributed by atoms with Gasteiger partial charge in [-0.1, -0.05) is 19.1 Å². The number of hydrogen-bond acceptors (Lipinski definition) is 4. The molecule has 128 valence electrons. The summed E-state index contributed by atoms with van der Waals surface area (Å²) in [5, 5.41) is 9.17. The third kappa shape index (κ3) is 3.56. The summed E-state index contributed by atoms with van der Waals surface area (Å²) in [6, 6.07) is 6.33. The monoisotopic (exact) mass is 359 g/mol. The van der Waals surface area contributed by atoms with Crippen LogP contribution in [0.3, 0.4) is 0 Å². The van der Waals surface area contributed by atoms with E-state index >= 15 is 0 Å². The summed E-state index contributed by atoms with van der Waals surface area (Å²) in [6.07, 6.45) is -4.49. The van der Waals surface area contributed by atoms with E-state index in [1.165, 1.54) is 13.0 Å². The van der Waals surface area contributed by atoms with Crippen LogP contribution >= 0.6 is 0 Å². The topological polar surface area (TPSA) is 84.3 Å². The van der Waals surface area contributed by atoms with Gasteiger partial charge in [0.2, 0.25) is 0 Å². The van der Waals surface area contributed by atoms with Gasteiger partial charge in [-0.25, -0.2) is 18.2 Å². The fourth-order valence-electron chi connectivity index (χ4n) is 2.00. The summed E-state index contributed by atoms with van der Waals surface area (Å²) < 4.78 is 61.5. The lowest BCUT2D eigenvalue weighted by molar-refractivity contribution is -0.137. The normalized spacial score (nSPS) is 12.2. The quantitative estimate of drug-likeness (QED) is 0.906. The van der Waals surface area contributed by atoms with Crippen molar-refractivity contribution in [2.24, 2.45) is 0 Å². The molecule has 1 aromatic heterocycles. The maximum atomic E-state index is 12.6. The Morgan fingerprint density at radius 2 is 1.71 bits per heavy atom. The molecule has 0 saturated carbocycles. The number of aromatic nitrogens is 1. The molecule has 1 heterocycles. The Hall–Kier alpha value is -2.42. The zero-order valence-corrected chi connectivity index (χ0v) is 13.1. The van der Waals surface area contributed by atoms with Crippen molar-refractivity contribution in [2.75, 3.05) is 5.75 Å². The maximum Gasteiger partial charge on any atom is 0.416 e. The van der Waals surface area contributed by atoms with Crippen LogP contribution in [0.4, 0.5) is 13.2 Å². The standard InChI is InChI=1S/C15H12F3NO4S/c1-2-24(22,23)12-8-7-11(19-13(12)14(20)21)9-3-5-10(6-4-9)15(16,17)18/h3-8H,2H2,1H3,(H,20,21). The van der Waals surface area contributed by atoms with Crippen LogP contribution in [0.15, 0.2) is 41.3 Å². The first-order valence-corrected chi connectivity index (χ1v) is 8.36. The number of rotatable bonds is 4. The van der Waals surface area contributed by atoms with E-state index in [0.29, 0.717) is 0 Å². The number of pyridine rings is 1. The molecule has 0 bridgehead atoms. The van der Waals surface area contributed by atoms with Gasteiger partial charge in [0.25, 0.3) is 0 Å². The van der Waals surface area contributed by atoms with Gasteiger partial charge in [-0.3, -0.25) is 0 Å². The fourth-order valence-corrected chi connectivity index (χ4v) is 3.01. The predicted molar refractivity (Wildman–Crippen MR) is 79.4 cm³/mol. The maximum absolute atomic E-state index is 12.6. The second-order valence-corrected chi connectivity index (χ2v) is 7.07. The highest BCUT2D eigenvalue weighted by atomic mass is 32.2. The van der Waals surface area contributed by atoms with Crippen molar-refractivity contribution in [3.63, 3.8) is 0 Å². The molecule has 0 aliphatic heterocycles. The number of aromatic carboxylic acids is 1. The van der Waals surface area contributed by atoms with Crippen molar-refractivity contribution in [1.82, 2.24) is 4.98 Å². The van der Waals surface area contributed by atoms with Gasteiger partial charge in [0, 0.05) is 5.56 Å². The Kier molecular flexibility index (Phi) is 4.66. The van der Waals surface area contributed by atoms with E-state index in [-0.39, 0.29) is 17.0 Å². The van der Waals surface area contributed by atoms with Crippen LogP contribution in [0.1, 0.15) is 23.0 Å². The van der Waals surface area contributed by atoms with Crippen molar-refractivity contribution in [3.8, 4) is 11.3 Å². The SMILES string of the molecule is CCS(=O)(=O)c1ccc(-c2ccc(C(F)(F)F)cc2)nc1C(=O)O. The molecule has 0 atom stereocenters. The van der Waals surface area contributed by atoms with Gasteiger partial charge in [-0.2, -0.15) is 13.2 Å². The Morgan fingerprint density at radius 3 is 2.17 bits per heavy atom. The predicted octanol–water partition coefficient (Wildman–Crippen LogP) is 3.26. The highest BCUT2D eigenvalue weighted by Gasteiger charge is 2.30. The molecule has 0 aliphatic rings. The fraction of sp³-hybridized carbons (Fsp3) is 0.200.